The summed E-state index contributed by atoms with van der Waals surface area (Å²) in [5.74, 6) is 0.166. The largest absolute Gasteiger partial charge is 0.470 e. The van der Waals surface area contributed by atoms with E-state index in [1.54, 1.807) is 13.8 Å². The molecule has 1 heterocycles. The van der Waals surface area contributed by atoms with Crippen molar-refractivity contribution >= 4 is 41.4 Å². The quantitative estimate of drug-likeness (QED) is 0.0495. The van der Waals surface area contributed by atoms with E-state index in [0.717, 1.165) is 62.5 Å². The molecule has 10 heteroatoms. The first-order chi connectivity index (χ1) is 31.0. The highest BCUT2D eigenvalue weighted by atomic mass is 32.2. The number of esters is 3. The van der Waals surface area contributed by atoms with E-state index < -0.39 is 17.0 Å². The van der Waals surface area contributed by atoms with Crippen molar-refractivity contribution in [3.05, 3.63) is 103 Å². The monoisotopic (exact) mass is 901 g/mol. The maximum absolute atomic E-state index is 14.7. The Morgan fingerprint density at radius 2 is 1.17 bits per heavy atom. The predicted molar refractivity (Wildman–Crippen MR) is 251 cm³/mol. The Morgan fingerprint density at radius 1 is 0.719 bits per heavy atom. The van der Waals surface area contributed by atoms with Crippen molar-refractivity contribution in [2.45, 2.75) is 169 Å². The van der Waals surface area contributed by atoms with Gasteiger partial charge in [-0.3, -0.25) is 14.4 Å². The van der Waals surface area contributed by atoms with Gasteiger partial charge in [-0.15, -0.1) is 0 Å². The van der Waals surface area contributed by atoms with Crippen molar-refractivity contribution in [3.8, 4) is 11.5 Å². The number of hydrogen-bond donors (Lipinski definition) is 1. The average Bonchev–Trinajstić information content (AvgIpc) is 3.80. The van der Waals surface area contributed by atoms with Crippen molar-refractivity contribution in [2.24, 2.45) is 23.7 Å². The molecule has 0 bridgehead atoms. The molecule has 3 aromatic carbocycles. The van der Waals surface area contributed by atoms with Crippen LogP contribution in [0.25, 0.3) is 4.85 Å². The fourth-order valence-electron chi connectivity index (χ4n) is 12.0. The van der Waals surface area contributed by atoms with E-state index in [-0.39, 0.29) is 54.3 Å². The van der Waals surface area contributed by atoms with Crippen LogP contribution in [0.15, 0.2) is 68.3 Å². The Balaban J connectivity index is 1.14. The molecule has 2 fully saturated rings. The number of thioether (sulfide) groups is 2. The SMILES string of the molecule is [C-]#[N+]C(C(=O)OCCC(C)(C)O)=C1Sc2c(OC(=O)C3CCC(CCCCC)CC3)c3c(c(OC(=O)C4CCC(CCCCC)CC4)c2S1)[C@@H]1c2ccccc2C12c1ccccc1[C@H]32. The molecule has 8 nitrogen and oxygen atoms in total. The maximum atomic E-state index is 14.7. The van der Waals surface area contributed by atoms with E-state index in [9.17, 15) is 19.5 Å². The van der Waals surface area contributed by atoms with Crippen LogP contribution in [0.5, 0.6) is 11.5 Å². The highest BCUT2D eigenvalue weighted by molar-refractivity contribution is 8.24. The molecule has 1 unspecified atom stereocenters. The molecule has 6 aliphatic rings. The van der Waals surface area contributed by atoms with Crippen molar-refractivity contribution in [3.63, 3.8) is 0 Å². The lowest BCUT2D eigenvalue weighted by Crippen LogP contribution is -2.52. The van der Waals surface area contributed by atoms with Crippen LogP contribution in [0.4, 0.5) is 0 Å². The smallest absolute Gasteiger partial charge is 0.338 e. The number of carbonyl (C=O) groups excluding carboxylic acids is 3. The van der Waals surface area contributed by atoms with Gasteiger partial charge in [0.25, 0.3) is 5.70 Å². The first kappa shape index (κ1) is 45.1. The molecular weight excluding hydrogens is 839 g/mol. The van der Waals surface area contributed by atoms with Gasteiger partial charge in [0.2, 0.25) is 0 Å². The summed E-state index contributed by atoms with van der Waals surface area (Å²) in [5.41, 5.74) is 4.99. The predicted octanol–water partition coefficient (Wildman–Crippen LogP) is 13.2. The van der Waals surface area contributed by atoms with Gasteiger partial charge in [-0.1, -0.05) is 137 Å². The van der Waals surface area contributed by atoms with Crippen molar-refractivity contribution in [1.29, 1.82) is 0 Å². The number of fused-ring (bicyclic) bond motifs is 8. The third-order valence-corrected chi connectivity index (χ3v) is 17.9. The van der Waals surface area contributed by atoms with E-state index >= 15 is 0 Å². The summed E-state index contributed by atoms with van der Waals surface area (Å²) in [7, 11) is 0. The van der Waals surface area contributed by atoms with Crippen LogP contribution in [-0.2, 0) is 24.5 Å². The minimum atomic E-state index is -1.05. The second kappa shape index (κ2) is 18.7. The summed E-state index contributed by atoms with van der Waals surface area (Å²) in [6.45, 7) is 15.9. The molecule has 338 valence electrons. The maximum Gasteiger partial charge on any atom is 0.338 e. The van der Waals surface area contributed by atoms with E-state index in [1.807, 2.05) is 0 Å². The van der Waals surface area contributed by atoms with Crippen LogP contribution < -0.4 is 9.47 Å². The molecule has 5 aliphatic carbocycles. The number of rotatable bonds is 16. The lowest BCUT2D eigenvalue weighted by molar-refractivity contribution is -0.141. The highest BCUT2D eigenvalue weighted by Crippen LogP contribution is 2.81. The topological polar surface area (TPSA) is 103 Å². The first-order valence-corrected chi connectivity index (χ1v) is 25.9. The van der Waals surface area contributed by atoms with Crippen LogP contribution >= 0.6 is 23.5 Å². The molecule has 3 atom stereocenters. The minimum Gasteiger partial charge on any atom is -0.470 e. The van der Waals surface area contributed by atoms with Crippen LogP contribution in [0.3, 0.4) is 0 Å². The van der Waals surface area contributed by atoms with E-state index in [1.165, 1.54) is 97.1 Å². The Morgan fingerprint density at radius 3 is 1.59 bits per heavy atom. The van der Waals surface area contributed by atoms with Crippen LogP contribution in [0, 0.1) is 30.2 Å². The molecule has 1 aliphatic heterocycles. The molecule has 2 saturated carbocycles. The first-order valence-electron chi connectivity index (χ1n) is 24.2. The van der Waals surface area contributed by atoms with Gasteiger partial charge in [0.15, 0.2) is 0 Å². The highest BCUT2D eigenvalue weighted by Gasteiger charge is 2.71. The molecule has 1 spiro atoms. The summed E-state index contributed by atoms with van der Waals surface area (Å²) in [6.07, 6.45) is 17.1. The minimum absolute atomic E-state index is 0.0527. The zero-order chi connectivity index (χ0) is 44.8. The summed E-state index contributed by atoms with van der Waals surface area (Å²) >= 11 is 2.48. The van der Waals surface area contributed by atoms with Gasteiger partial charge in [0.05, 0.1) is 44.6 Å². The molecule has 1 N–H and O–H groups in total. The number of benzene rings is 3. The average molecular weight is 902 g/mol. The van der Waals surface area contributed by atoms with Gasteiger partial charge >= 0.3 is 17.9 Å². The third-order valence-electron chi connectivity index (χ3n) is 15.4. The molecular formula is C54H63NO7S2. The molecule has 0 radical (unpaired) electrons. The number of hydrogen-bond acceptors (Lipinski definition) is 9. The normalized spacial score (nSPS) is 26.6. The molecule has 0 saturated heterocycles. The van der Waals surface area contributed by atoms with Gasteiger partial charge < -0.3 is 19.3 Å². The Bertz CT molecular complexity index is 2240. The second-order valence-corrected chi connectivity index (χ2v) is 22.3. The fourth-order valence-corrected chi connectivity index (χ4v) is 14.6. The van der Waals surface area contributed by atoms with Gasteiger partial charge in [-0.25, -0.2) is 4.85 Å². The summed E-state index contributed by atoms with van der Waals surface area (Å²) in [6, 6.07) is 17.1. The summed E-state index contributed by atoms with van der Waals surface area (Å²) in [5, 5.41) is 10.3. The Hall–Kier alpha value is -4.04. The Labute approximate surface area is 387 Å². The number of nitrogens with zero attached hydrogens (tertiary/aromatic N) is 1. The molecule has 3 aromatic rings. The fraction of sp³-hybridized carbons (Fsp3) is 0.556. The number of ether oxygens (including phenoxy) is 3. The molecule has 9 rings (SSSR count). The zero-order valence-corrected chi connectivity index (χ0v) is 39.6. The number of unbranched alkanes of at least 4 members (excludes halogenated alkanes) is 4. The molecule has 0 aromatic heterocycles. The molecule has 0 amide bonds. The standard InChI is InChI=1S/C54H63NO7S2/c1-6-8-10-16-32-22-26-34(27-23-32)49(56)61-45-40-41(43-37-19-13-15-21-39(37)54(43)38-20-14-12-18-36(38)42(40)54)46(62-50(57)35-28-24-33(25-29-35)17-11-9-7-2)48-47(45)63-52(64-48)44(55-5)51(58)60-31-30-53(3,4)59/h12-15,18-21,32-35,42-43,59H,6-11,16-17,22-31H2,1-4H3/t32?,33?,34?,35?,42-,43+,54?. The van der Waals surface area contributed by atoms with Gasteiger partial charge in [0.1, 0.15) is 11.5 Å². The van der Waals surface area contributed by atoms with Crippen molar-refractivity contribution in [1.82, 2.24) is 0 Å². The molecule has 64 heavy (non-hydrogen) atoms. The van der Waals surface area contributed by atoms with Gasteiger partial charge in [0, 0.05) is 34.8 Å². The van der Waals surface area contributed by atoms with Crippen molar-refractivity contribution < 1.29 is 33.7 Å². The summed E-state index contributed by atoms with van der Waals surface area (Å²) in [4.78, 5) is 47.9. The number of aliphatic hydroxyl groups is 1. The van der Waals surface area contributed by atoms with Crippen LogP contribution in [0.2, 0.25) is 0 Å². The third kappa shape index (κ3) is 8.04. The number of carbonyl (C=O) groups is 3. The van der Waals surface area contributed by atoms with Crippen LogP contribution in [0.1, 0.15) is 182 Å². The zero-order valence-electron chi connectivity index (χ0n) is 38.0. The van der Waals surface area contributed by atoms with E-state index in [0.29, 0.717) is 37.4 Å². The van der Waals surface area contributed by atoms with E-state index in [4.69, 9.17) is 20.8 Å². The summed E-state index contributed by atoms with van der Waals surface area (Å²) < 4.78 is 19.7. The van der Waals surface area contributed by atoms with Crippen molar-refractivity contribution in [2.75, 3.05) is 6.61 Å². The van der Waals surface area contributed by atoms with Crippen LogP contribution in [-0.4, -0.2) is 35.2 Å². The van der Waals surface area contributed by atoms with Gasteiger partial charge in [-0.05, 0) is 99.3 Å². The lowest BCUT2D eigenvalue weighted by Gasteiger charge is -2.58. The van der Waals surface area contributed by atoms with Gasteiger partial charge in [-0.2, -0.15) is 0 Å². The Kier molecular flexibility index (Phi) is 13.2. The lowest BCUT2D eigenvalue weighted by atomic mass is 9.43. The second-order valence-electron chi connectivity index (χ2n) is 20.0. The van der Waals surface area contributed by atoms with E-state index in [2.05, 4.69) is 67.2 Å².